The molecular formula is C12H15N3O3S. The number of anilines is 1. The van der Waals surface area contributed by atoms with Gasteiger partial charge < -0.3 is 4.42 Å². The summed E-state index contributed by atoms with van der Waals surface area (Å²) in [6, 6.07) is 5.29. The fourth-order valence-electron chi connectivity index (χ4n) is 1.43. The Hall–Kier alpha value is -1.89. The zero-order valence-electron chi connectivity index (χ0n) is 10.9. The van der Waals surface area contributed by atoms with Gasteiger partial charge in [0.05, 0.1) is 10.9 Å². The van der Waals surface area contributed by atoms with Gasteiger partial charge in [-0.25, -0.2) is 8.42 Å². The summed E-state index contributed by atoms with van der Waals surface area (Å²) in [6.45, 7) is 5.08. The number of rotatable bonds is 4. The molecule has 7 heteroatoms. The zero-order valence-corrected chi connectivity index (χ0v) is 11.7. The molecule has 0 spiro atoms. The van der Waals surface area contributed by atoms with E-state index >= 15 is 0 Å². The van der Waals surface area contributed by atoms with Crippen LogP contribution in [0.3, 0.4) is 0 Å². The molecule has 2 aromatic rings. The third kappa shape index (κ3) is 2.93. The van der Waals surface area contributed by atoms with Crippen LogP contribution in [0.5, 0.6) is 0 Å². The van der Waals surface area contributed by atoms with Gasteiger partial charge in [-0.05, 0) is 38.5 Å². The van der Waals surface area contributed by atoms with Crippen molar-refractivity contribution in [3.63, 3.8) is 0 Å². The van der Waals surface area contributed by atoms with Crippen molar-refractivity contribution >= 4 is 15.7 Å². The molecule has 0 unspecified atom stereocenters. The van der Waals surface area contributed by atoms with Crippen molar-refractivity contribution in [2.75, 3.05) is 4.72 Å². The highest BCUT2D eigenvalue weighted by Gasteiger charge is 2.17. The van der Waals surface area contributed by atoms with Gasteiger partial charge in [-0.3, -0.25) is 4.72 Å². The Morgan fingerprint density at radius 2 is 2.05 bits per heavy atom. The summed E-state index contributed by atoms with van der Waals surface area (Å²) in [5.74, 6) is 0.352. The Labute approximate surface area is 111 Å². The maximum Gasteiger partial charge on any atom is 0.247 e. The predicted octanol–water partition coefficient (Wildman–Crippen LogP) is 2.20. The maximum atomic E-state index is 11.9. The molecule has 0 aliphatic rings. The normalized spacial score (nSPS) is 11.8. The van der Waals surface area contributed by atoms with Crippen molar-refractivity contribution < 1.29 is 12.8 Å². The largest absolute Gasteiger partial charge is 0.423 e. The summed E-state index contributed by atoms with van der Waals surface area (Å²) in [5, 5.41) is 6.89. The lowest BCUT2D eigenvalue weighted by Crippen LogP contribution is -2.22. The minimum Gasteiger partial charge on any atom is -0.423 e. The summed E-state index contributed by atoms with van der Waals surface area (Å²) in [6.07, 6.45) is 1.23. The average Bonchev–Trinajstić information content (AvgIpc) is 2.85. The first-order valence-corrected chi connectivity index (χ1v) is 7.33. The summed E-state index contributed by atoms with van der Waals surface area (Å²) in [4.78, 5) is 0. The van der Waals surface area contributed by atoms with Crippen LogP contribution in [0.4, 0.5) is 5.69 Å². The minimum absolute atomic E-state index is 0.352. The molecule has 0 aliphatic carbocycles. The van der Waals surface area contributed by atoms with Crippen molar-refractivity contribution in [1.82, 2.24) is 10.2 Å². The van der Waals surface area contributed by atoms with E-state index in [1.54, 1.807) is 32.0 Å². The fraction of sp³-hybridized carbons (Fsp3) is 0.333. The van der Waals surface area contributed by atoms with Crippen LogP contribution in [-0.2, 0) is 10.0 Å². The average molecular weight is 281 g/mol. The van der Waals surface area contributed by atoms with Crippen LogP contribution < -0.4 is 4.72 Å². The number of aryl methyl sites for hydroxylation is 1. The number of aromatic nitrogens is 2. The number of nitrogens with zero attached hydrogens (tertiary/aromatic N) is 2. The molecule has 19 heavy (non-hydrogen) atoms. The van der Waals surface area contributed by atoms with Crippen LogP contribution in [0.25, 0.3) is 11.5 Å². The van der Waals surface area contributed by atoms with Gasteiger partial charge in [0.1, 0.15) is 0 Å². The van der Waals surface area contributed by atoms with E-state index in [1.807, 2.05) is 6.92 Å². The van der Waals surface area contributed by atoms with Crippen LogP contribution in [0.2, 0.25) is 0 Å². The van der Waals surface area contributed by atoms with Crippen molar-refractivity contribution in [2.24, 2.45) is 0 Å². The molecule has 0 amide bonds. The van der Waals surface area contributed by atoms with Crippen LogP contribution in [-0.4, -0.2) is 23.9 Å². The summed E-state index contributed by atoms with van der Waals surface area (Å²) in [7, 11) is -3.38. The molecule has 0 saturated carbocycles. The highest BCUT2D eigenvalue weighted by Crippen LogP contribution is 2.25. The summed E-state index contributed by atoms with van der Waals surface area (Å²) in [5.41, 5.74) is 2.02. The zero-order chi connectivity index (χ0) is 14.0. The Bertz CT molecular complexity index is 664. The topological polar surface area (TPSA) is 85.1 Å². The van der Waals surface area contributed by atoms with E-state index < -0.39 is 15.3 Å². The molecule has 0 atom stereocenters. The molecule has 1 N–H and O–H groups in total. The molecule has 6 nitrogen and oxygen atoms in total. The molecule has 1 aromatic carbocycles. The maximum absolute atomic E-state index is 11.9. The van der Waals surface area contributed by atoms with Gasteiger partial charge in [-0.2, -0.15) is 0 Å². The second-order valence-electron chi connectivity index (χ2n) is 4.47. The number of nitrogens with one attached hydrogen (secondary N) is 1. The first-order chi connectivity index (χ1) is 8.90. The lowest BCUT2D eigenvalue weighted by molar-refractivity contribution is 0.568. The second kappa shape index (κ2) is 5.00. The molecule has 102 valence electrons. The number of sulfonamides is 1. The lowest BCUT2D eigenvalue weighted by Gasteiger charge is -2.13. The van der Waals surface area contributed by atoms with E-state index in [0.29, 0.717) is 17.1 Å². The van der Waals surface area contributed by atoms with Gasteiger partial charge in [0, 0.05) is 5.56 Å². The molecule has 1 aromatic heterocycles. The van der Waals surface area contributed by atoms with Gasteiger partial charge in [-0.15, -0.1) is 10.2 Å². The molecule has 0 fully saturated rings. The molecule has 0 bridgehead atoms. The lowest BCUT2D eigenvalue weighted by atomic mass is 10.1. The minimum atomic E-state index is -3.38. The van der Waals surface area contributed by atoms with Gasteiger partial charge in [-0.1, -0.05) is 6.07 Å². The molecule has 0 aliphatic heterocycles. The van der Waals surface area contributed by atoms with E-state index in [1.165, 1.54) is 6.39 Å². The van der Waals surface area contributed by atoms with Crippen molar-refractivity contribution in [1.29, 1.82) is 0 Å². The van der Waals surface area contributed by atoms with Gasteiger partial charge in [0.2, 0.25) is 22.3 Å². The fourth-order valence-corrected chi connectivity index (χ4v) is 2.20. The van der Waals surface area contributed by atoms with Crippen molar-refractivity contribution in [3.8, 4) is 11.5 Å². The van der Waals surface area contributed by atoms with Crippen LogP contribution in [0.15, 0.2) is 29.0 Å². The molecule has 1 heterocycles. The van der Waals surface area contributed by atoms with Crippen LogP contribution >= 0.6 is 0 Å². The van der Waals surface area contributed by atoms with Gasteiger partial charge in [0.25, 0.3) is 0 Å². The van der Waals surface area contributed by atoms with Gasteiger partial charge >= 0.3 is 0 Å². The van der Waals surface area contributed by atoms with E-state index in [2.05, 4.69) is 14.9 Å². The number of hydrogen-bond donors (Lipinski definition) is 1. The SMILES string of the molecule is Cc1ccc(-c2nnco2)cc1NS(=O)(=O)C(C)C. The number of hydrogen-bond acceptors (Lipinski definition) is 5. The first-order valence-electron chi connectivity index (χ1n) is 5.79. The second-order valence-corrected chi connectivity index (χ2v) is 6.71. The Morgan fingerprint density at radius 3 is 2.63 bits per heavy atom. The van der Waals surface area contributed by atoms with E-state index in [-0.39, 0.29) is 0 Å². The quantitative estimate of drug-likeness (QED) is 0.928. The highest BCUT2D eigenvalue weighted by atomic mass is 32.2. The van der Waals surface area contributed by atoms with Crippen LogP contribution in [0.1, 0.15) is 19.4 Å². The van der Waals surface area contributed by atoms with Crippen molar-refractivity contribution in [2.45, 2.75) is 26.0 Å². The molecule has 2 rings (SSSR count). The first kappa shape index (κ1) is 13.5. The third-order valence-corrected chi connectivity index (χ3v) is 4.46. The monoisotopic (exact) mass is 281 g/mol. The summed E-state index contributed by atoms with van der Waals surface area (Å²) >= 11 is 0. The van der Waals surface area contributed by atoms with Gasteiger partial charge in [0.15, 0.2) is 0 Å². The molecule has 0 radical (unpaired) electrons. The Balaban J connectivity index is 2.39. The Kier molecular flexibility index (Phi) is 3.57. The number of benzene rings is 1. The summed E-state index contributed by atoms with van der Waals surface area (Å²) < 4.78 is 31.4. The predicted molar refractivity (Wildman–Crippen MR) is 72.1 cm³/mol. The Morgan fingerprint density at radius 1 is 1.32 bits per heavy atom. The highest BCUT2D eigenvalue weighted by molar-refractivity contribution is 7.93. The molecular weight excluding hydrogens is 266 g/mol. The van der Waals surface area contributed by atoms with Crippen molar-refractivity contribution in [3.05, 3.63) is 30.2 Å². The molecule has 0 saturated heterocycles. The smallest absolute Gasteiger partial charge is 0.247 e. The standard InChI is InChI=1S/C12H15N3O3S/c1-8(2)19(16,17)15-11-6-10(5-4-9(11)3)12-14-13-7-18-12/h4-8,15H,1-3H3. The van der Waals surface area contributed by atoms with E-state index in [0.717, 1.165) is 5.56 Å². The van der Waals surface area contributed by atoms with Crippen LogP contribution in [0, 0.1) is 6.92 Å². The van der Waals surface area contributed by atoms with E-state index in [9.17, 15) is 8.42 Å². The third-order valence-electron chi connectivity index (χ3n) is 2.72. The van der Waals surface area contributed by atoms with E-state index in [4.69, 9.17) is 4.42 Å².